The number of likely N-dealkylation sites (N-methyl/N-ethyl adjacent to an activating group) is 1. The van der Waals surface area contributed by atoms with Gasteiger partial charge in [-0.15, -0.1) is 0 Å². The molecule has 2 atom stereocenters. The Morgan fingerprint density at radius 3 is 1.74 bits per heavy atom. The van der Waals surface area contributed by atoms with Crippen molar-refractivity contribution < 1.29 is 82.2 Å². The molecule has 0 aromatic heterocycles. The lowest BCUT2D eigenvalue weighted by atomic mass is 9.78. The van der Waals surface area contributed by atoms with Gasteiger partial charge in [0, 0.05) is 90.5 Å². The van der Waals surface area contributed by atoms with Gasteiger partial charge in [-0.3, -0.25) is 47.9 Å². The number of hydrogen-bond acceptors (Lipinski definition) is 14. The minimum Gasteiger partial charge on any atom is -0.481 e. The summed E-state index contributed by atoms with van der Waals surface area (Å²) in [6.45, 7) is 5.75. The van der Waals surface area contributed by atoms with Crippen LogP contribution in [-0.4, -0.2) is 147 Å². The zero-order valence-corrected chi connectivity index (χ0v) is 39.4. The highest BCUT2D eigenvalue weighted by atomic mass is 16.5. The van der Waals surface area contributed by atoms with E-state index in [1.165, 1.54) is 7.05 Å². The van der Waals surface area contributed by atoms with Gasteiger partial charge >= 0.3 is 17.9 Å². The maximum atomic E-state index is 13.0. The molecule has 20 heteroatoms. The number of rotatable bonds is 40. The molecule has 1 rings (SSSR count). The lowest BCUT2D eigenvalue weighted by molar-refractivity contribution is -0.145. The molecule has 0 heterocycles. The number of carboxylic acids is 3. The van der Waals surface area contributed by atoms with E-state index < -0.39 is 41.6 Å². The summed E-state index contributed by atoms with van der Waals surface area (Å²) in [7, 11) is 1.51. The molecule has 0 bridgehead atoms. The first kappa shape index (κ1) is 61.3. The summed E-state index contributed by atoms with van der Waals surface area (Å²) in [5, 5.41) is 35.4. The summed E-state index contributed by atoms with van der Waals surface area (Å²) in [5.74, 6) is -6.04. The Balaban J connectivity index is 0.00000479. The molecular formula is C46H77N3O17. The van der Waals surface area contributed by atoms with Gasteiger partial charge in [-0.25, -0.2) is 0 Å². The Labute approximate surface area is 388 Å². The van der Waals surface area contributed by atoms with E-state index in [9.17, 15) is 53.1 Å². The third kappa shape index (κ3) is 34.7. The van der Waals surface area contributed by atoms with Crippen LogP contribution in [-0.2, 0) is 66.9 Å². The van der Waals surface area contributed by atoms with Crippen LogP contribution in [0.2, 0.25) is 0 Å². The molecular weight excluding hydrogens is 867 g/mol. The van der Waals surface area contributed by atoms with Crippen LogP contribution in [0.25, 0.3) is 0 Å². The molecule has 1 aliphatic rings. The second kappa shape index (κ2) is 39.5. The average molecular weight is 944 g/mol. The standard InChI is InChI=1S/C39H63N3O16.C7H14O/c1-40-36(48)26-58-22-20-55-17-3-5-30(43)25-57-21-19-56-18-4-6-32(44)31(14-16-38(51)52)42-35(47)15-13-29(39(53)54)23-33(45)28-11-9-27(10-12-28)24-41-34(46)7-2-8-37(49)50;1-3-5-6-7(8)4-2/h27-29,31H,2-26H2,1H3,(H,40,48)(H,41,46)(H,42,47)(H,49,50)(H,51,52)(H,53,54);3-6H2,1-2H3. The van der Waals surface area contributed by atoms with Gasteiger partial charge in [0.2, 0.25) is 17.7 Å². The van der Waals surface area contributed by atoms with Crippen LogP contribution in [0.15, 0.2) is 0 Å². The second-order valence-electron chi connectivity index (χ2n) is 16.3. The molecule has 0 aliphatic heterocycles. The fourth-order valence-electron chi connectivity index (χ4n) is 6.69. The Kier molecular flexibility index (Phi) is 36.7. The van der Waals surface area contributed by atoms with Crippen LogP contribution in [0.3, 0.4) is 0 Å². The van der Waals surface area contributed by atoms with E-state index in [-0.39, 0.29) is 145 Å². The number of unbranched alkanes of at least 4 members (excludes halogenated alkanes) is 1. The van der Waals surface area contributed by atoms with Gasteiger partial charge in [0.25, 0.3) is 0 Å². The second-order valence-corrected chi connectivity index (χ2v) is 16.3. The number of hydrogen-bond donors (Lipinski definition) is 6. The molecule has 1 fully saturated rings. The van der Waals surface area contributed by atoms with Crippen molar-refractivity contribution in [1.82, 2.24) is 16.0 Å². The van der Waals surface area contributed by atoms with Gasteiger partial charge in [-0.05, 0) is 70.1 Å². The summed E-state index contributed by atoms with van der Waals surface area (Å²) in [6.07, 6.45) is 6.23. The molecule has 2 unspecified atom stereocenters. The molecule has 0 aromatic rings. The molecule has 20 nitrogen and oxygen atoms in total. The third-order valence-corrected chi connectivity index (χ3v) is 10.8. The number of nitrogens with one attached hydrogen (secondary N) is 3. The number of amides is 3. The molecule has 0 aromatic carbocycles. The number of Topliss-reactive ketones (excluding diaryl/α,β-unsaturated/α-hetero) is 4. The minimum absolute atomic E-state index is 0.0140. The monoisotopic (exact) mass is 944 g/mol. The lowest BCUT2D eigenvalue weighted by Crippen LogP contribution is -2.41. The first-order chi connectivity index (χ1) is 31.5. The summed E-state index contributed by atoms with van der Waals surface area (Å²) < 4.78 is 21.2. The average Bonchev–Trinajstić information content (AvgIpc) is 3.28. The van der Waals surface area contributed by atoms with Crippen LogP contribution < -0.4 is 16.0 Å². The van der Waals surface area contributed by atoms with Crippen molar-refractivity contribution in [3.8, 4) is 0 Å². The molecule has 1 aliphatic carbocycles. The van der Waals surface area contributed by atoms with Crippen LogP contribution >= 0.6 is 0 Å². The van der Waals surface area contributed by atoms with Crippen molar-refractivity contribution in [2.24, 2.45) is 17.8 Å². The van der Waals surface area contributed by atoms with Crippen LogP contribution in [0.5, 0.6) is 0 Å². The number of aliphatic carboxylic acids is 3. The Morgan fingerprint density at radius 1 is 0.576 bits per heavy atom. The van der Waals surface area contributed by atoms with Crippen LogP contribution in [0.4, 0.5) is 0 Å². The SMILES string of the molecule is CCCCC(=O)CC.CNC(=O)COCCOCCCC(=O)COCCOCCCC(=O)C(CCC(=O)O)NC(=O)CCC(CC(=O)C1CCC(CNC(=O)CCCC(=O)O)CC1)C(=O)O. The van der Waals surface area contributed by atoms with Crippen molar-refractivity contribution in [3.05, 3.63) is 0 Å². The molecule has 1 saturated carbocycles. The van der Waals surface area contributed by atoms with E-state index in [4.69, 9.17) is 29.2 Å². The molecule has 0 saturated heterocycles. The van der Waals surface area contributed by atoms with Gasteiger partial charge < -0.3 is 50.2 Å². The van der Waals surface area contributed by atoms with Crippen molar-refractivity contribution in [2.75, 3.05) is 66.4 Å². The molecule has 378 valence electrons. The highest BCUT2D eigenvalue weighted by molar-refractivity contribution is 5.90. The first-order valence-corrected chi connectivity index (χ1v) is 23.3. The van der Waals surface area contributed by atoms with Gasteiger partial charge in [0.1, 0.15) is 24.8 Å². The molecule has 3 amide bonds. The maximum absolute atomic E-state index is 13.0. The van der Waals surface area contributed by atoms with E-state index >= 15 is 0 Å². The fraction of sp³-hybridized carbons (Fsp3) is 0.783. The Bertz CT molecular complexity index is 1480. The predicted octanol–water partition coefficient (Wildman–Crippen LogP) is 3.62. The Hall–Kier alpha value is -4.66. The smallest absolute Gasteiger partial charge is 0.306 e. The number of carbonyl (C=O) groups excluding carboxylic acids is 7. The third-order valence-electron chi connectivity index (χ3n) is 10.8. The number of ketones is 4. The van der Waals surface area contributed by atoms with Crippen molar-refractivity contribution in [2.45, 2.75) is 148 Å². The normalized spacial score (nSPS) is 15.3. The summed E-state index contributed by atoms with van der Waals surface area (Å²) in [6, 6.07) is -1.10. The number of carboxylic acid groups (broad SMARTS) is 3. The molecule has 0 radical (unpaired) electrons. The van der Waals surface area contributed by atoms with E-state index in [0.717, 1.165) is 19.3 Å². The van der Waals surface area contributed by atoms with E-state index in [1.54, 1.807) is 0 Å². The van der Waals surface area contributed by atoms with Crippen molar-refractivity contribution in [3.63, 3.8) is 0 Å². The van der Waals surface area contributed by atoms with E-state index in [2.05, 4.69) is 22.9 Å². The molecule has 0 spiro atoms. The molecule has 66 heavy (non-hydrogen) atoms. The largest absolute Gasteiger partial charge is 0.481 e. The first-order valence-electron chi connectivity index (χ1n) is 23.3. The minimum atomic E-state index is -1.23. The summed E-state index contributed by atoms with van der Waals surface area (Å²) in [4.78, 5) is 118. The van der Waals surface area contributed by atoms with Gasteiger partial charge in [-0.2, -0.15) is 0 Å². The van der Waals surface area contributed by atoms with Crippen LogP contribution in [0, 0.1) is 17.8 Å². The number of ether oxygens (including phenoxy) is 4. The predicted molar refractivity (Wildman–Crippen MR) is 239 cm³/mol. The topological polar surface area (TPSA) is 304 Å². The van der Waals surface area contributed by atoms with Crippen molar-refractivity contribution >= 4 is 58.8 Å². The zero-order chi connectivity index (χ0) is 49.5. The van der Waals surface area contributed by atoms with Gasteiger partial charge in [0.15, 0.2) is 11.6 Å². The zero-order valence-electron chi connectivity index (χ0n) is 39.4. The Morgan fingerprint density at radius 2 is 1.17 bits per heavy atom. The van der Waals surface area contributed by atoms with E-state index in [0.29, 0.717) is 64.1 Å². The number of carbonyl (C=O) groups is 10. The summed E-state index contributed by atoms with van der Waals surface area (Å²) >= 11 is 0. The highest BCUT2D eigenvalue weighted by Gasteiger charge is 2.31. The molecule has 6 N–H and O–H groups in total. The van der Waals surface area contributed by atoms with Crippen LogP contribution in [0.1, 0.15) is 142 Å². The highest BCUT2D eigenvalue weighted by Crippen LogP contribution is 2.31. The lowest BCUT2D eigenvalue weighted by Gasteiger charge is -2.28. The van der Waals surface area contributed by atoms with Crippen molar-refractivity contribution in [1.29, 1.82) is 0 Å². The fourth-order valence-corrected chi connectivity index (χ4v) is 6.69. The summed E-state index contributed by atoms with van der Waals surface area (Å²) in [5.41, 5.74) is 0. The maximum Gasteiger partial charge on any atom is 0.306 e. The van der Waals surface area contributed by atoms with Gasteiger partial charge in [0.05, 0.1) is 38.4 Å². The quantitative estimate of drug-likeness (QED) is 0.0478. The van der Waals surface area contributed by atoms with E-state index in [1.807, 2.05) is 6.92 Å². The van der Waals surface area contributed by atoms with Gasteiger partial charge in [-0.1, -0.05) is 20.3 Å².